The van der Waals surface area contributed by atoms with Crippen LogP contribution in [0.5, 0.6) is 0 Å². The molecule has 164 valence electrons. The van der Waals surface area contributed by atoms with Crippen molar-refractivity contribution in [1.82, 2.24) is 28.8 Å². The molecule has 1 fully saturated rings. The Hall–Kier alpha value is -2.51. The number of carbonyl (C=O) groups is 1. The molecule has 3 rings (SSSR count). The fourth-order valence-electron chi connectivity index (χ4n) is 3.23. The molecule has 0 N–H and O–H groups in total. The first kappa shape index (κ1) is 22.2. The summed E-state index contributed by atoms with van der Waals surface area (Å²) in [7, 11) is -3.68. The van der Waals surface area contributed by atoms with Crippen molar-refractivity contribution in [2.75, 3.05) is 26.2 Å². The van der Waals surface area contributed by atoms with Crippen LogP contribution in [-0.2, 0) is 27.9 Å². The van der Waals surface area contributed by atoms with Gasteiger partial charge in [0.05, 0.1) is 23.5 Å². The van der Waals surface area contributed by atoms with Gasteiger partial charge in [-0.25, -0.2) is 8.42 Å². The Kier molecular flexibility index (Phi) is 6.43. The highest BCUT2D eigenvalue weighted by atomic mass is 35.5. The summed E-state index contributed by atoms with van der Waals surface area (Å²) in [6, 6.07) is 0. The molecule has 2 aromatic rings. The van der Waals surface area contributed by atoms with Crippen molar-refractivity contribution < 1.29 is 18.1 Å². The number of hydrogen-bond acceptors (Lipinski definition) is 7. The molecule has 1 saturated heterocycles. The highest BCUT2D eigenvalue weighted by Gasteiger charge is 2.32. The molecule has 30 heavy (non-hydrogen) atoms. The van der Waals surface area contributed by atoms with E-state index < -0.39 is 20.8 Å². The normalized spacial score (nSPS) is 15.5. The first-order valence-electron chi connectivity index (χ1n) is 9.32. The van der Waals surface area contributed by atoms with Crippen molar-refractivity contribution in [1.29, 1.82) is 0 Å². The average Bonchev–Trinajstić information content (AvgIpc) is 3.28. The standard InChI is InChI=1S/C16H22ClN7O5S/c1-3-21-11-14(12(2)18-21)30(28,29)23-8-6-20(7-9-23)15(25)4-5-22-10-13(17)16(19-22)24(26)27/h10-11H,3-9H2,1-2H3. The van der Waals surface area contributed by atoms with E-state index in [1.165, 1.54) is 21.4 Å². The van der Waals surface area contributed by atoms with Crippen molar-refractivity contribution in [3.63, 3.8) is 0 Å². The van der Waals surface area contributed by atoms with Gasteiger partial charge >= 0.3 is 5.82 Å². The fourth-order valence-corrected chi connectivity index (χ4v) is 5.04. The summed E-state index contributed by atoms with van der Waals surface area (Å²) >= 11 is 5.75. The Bertz CT molecular complexity index is 1060. The quantitative estimate of drug-likeness (QED) is 0.443. The first-order valence-corrected chi connectivity index (χ1v) is 11.1. The van der Waals surface area contributed by atoms with Crippen LogP contribution in [0.4, 0.5) is 5.82 Å². The lowest BCUT2D eigenvalue weighted by Gasteiger charge is -2.33. The van der Waals surface area contributed by atoms with Gasteiger partial charge in [-0.05, 0) is 18.8 Å². The predicted octanol–water partition coefficient (Wildman–Crippen LogP) is 0.893. The summed E-state index contributed by atoms with van der Waals surface area (Å²) in [5.74, 6) is -0.638. The Morgan fingerprint density at radius 1 is 1.20 bits per heavy atom. The van der Waals surface area contributed by atoms with Gasteiger partial charge in [-0.2, -0.15) is 14.1 Å². The number of nitro groups is 1. The van der Waals surface area contributed by atoms with Crippen LogP contribution >= 0.6 is 11.6 Å². The molecule has 12 nitrogen and oxygen atoms in total. The highest BCUT2D eigenvalue weighted by Crippen LogP contribution is 2.22. The second-order valence-corrected chi connectivity index (χ2v) is 9.10. The monoisotopic (exact) mass is 459 g/mol. The zero-order valence-corrected chi connectivity index (χ0v) is 18.1. The molecule has 0 bridgehead atoms. The first-order chi connectivity index (χ1) is 14.1. The second-order valence-electron chi connectivity index (χ2n) is 6.79. The van der Waals surface area contributed by atoms with Crippen LogP contribution in [0, 0.1) is 17.0 Å². The molecule has 0 spiro atoms. The lowest BCUT2D eigenvalue weighted by molar-refractivity contribution is -0.389. The minimum absolute atomic E-state index is 0.0737. The van der Waals surface area contributed by atoms with E-state index in [-0.39, 0.29) is 55.0 Å². The maximum absolute atomic E-state index is 12.9. The number of hydrogen-bond donors (Lipinski definition) is 0. The fraction of sp³-hybridized carbons (Fsp3) is 0.562. The van der Waals surface area contributed by atoms with Gasteiger partial charge in [0.25, 0.3) is 0 Å². The van der Waals surface area contributed by atoms with Crippen molar-refractivity contribution in [3.05, 3.63) is 33.2 Å². The van der Waals surface area contributed by atoms with Gasteiger partial charge in [-0.3, -0.25) is 9.48 Å². The van der Waals surface area contributed by atoms with Crippen LogP contribution in [-0.4, -0.2) is 74.2 Å². The topological polar surface area (TPSA) is 136 Å². The molecule has 1 amide bonds. The maximum atomic E-state index is 12.9. The van der Waals surface area contributed by atoms with Gasteiger partial charge in [-0.1, -0.05) is 11.6 Å². The number of amides is 1. The summed E-state index contributed by atoms with van der Waals surface area (Å²) < 4.78 is 30.0. The van der Waals surface area contributed by atoms with Crippen LogP contribution < -0.4 is 0 Å². The third-order valence-electron chi connectivity index (χ3n) is 4.86. The number of sulfonamides is 1. The molecule has 1 aliphatic rings. The number of aromatic nitrogens is 4. The maximum Gasteiger partial charge on any atom is 0.408 e. The van der Waals surface area contributed by atoms with Crippen LogP contribution in [0.1, 0.15) is 19.0 Å². The van der Waals surface area contributed by atoms with E-state index in [2.05, 4.69) is 10.2 Å². The zero-order chi connectivity index (χ0) is 22.1. The molecule has 14 heteroatoms. The molecule has 0 aromatic carbocycles. The lowest BCUT2D eigenvalue weighted by Crippen LogP contribution is -2.50. The number of rotatable bonds is 7. The molecule has 0 atom stereocenters. The number of aryl methyl sites for hydroxylation is 3. The summed E-state index contributed by atoms with van der Waals surface area (Å²) in [6.07, 6.45) is 2.90. The number of nitrogens with zero attached hydrogens (tertiary/aromatic N) is 7. The predicted molar refractivity (Wildman–Crippen MR) is 106 cm³/mol. The van der Waals surface area contributed by atoms with E-state index in [4.69, 9.17) is 11.6 Å². The van der Waals surface area contributed by atoms with Crippen molar-refractivity contribution >= 4 is 33.3 Å². The molecule has 0 saturated carbocycles. The van der Waals surface area contributed by atoms with Gasteiger partial charge in [0.1, 0.15) is 4.90 Å². The van der Waals surface area contributed by atoms with Crippen molar-refractivity contribution in [3.8, 4) is 0 Å². The lowest BCUT2D eigenvalue weighted by atomic mass is 10.3. The largest absolute Gasteiger partial charge is 0.408 e. The molecular weight excluding hydrogens is 438 g/mol. The van der Waals surface area contributed by atoms with Crippen LogP contribution in [0.15, 0.2) is 17.3 Å². The van der Waals surface area contributed by atoms with E-state index in [0.29, 0.717) is 12.2 Å². The van der Waals surface area contributed by atoms with Gasteiger partial charge in [0.2, 0.25) is 15.9 Å². The Morgan fingerprint density at radius 3 is 2.40 bits per heavy atom. The van der Waals surface area contributed by atoms with Crippen molar-refractivity contribution in [2.24, 2.45) is 0 Å². The van der Waals surface area contributed by atoms with Gasteiger partial charge in [0.15, 0.2) is 5.02 Å². The van der Waals surface area contributed by atoms with Crippen LogP contribution in [0.25, 0.3) is 0 Å². The molecule has 0 aliphatic carbocycles. The van der Waals surface area contributed by atoms with Crippen LogP contribution in [0.2, 0.25) is 5.02 Å². The summed E-state index contributed by atoms with van der Waals surface area (Å²) in [4.78, 5) is 24.3. The molecule has 0 radical (unpaired) electrons. The van der Waals surface area contributed by atoms with Crippen molar-refractivity contribution in [2.45, 2.75) is 38.3 Å². The van der Waals surface area contributed by atoms with E-state index in [9.17, 15) is 23.3 Å². The van der Waals surface area contributed by atoms with Gasteiger partial charge < -0.3 is 15.0 Å². The van der Waals surface area contributed by atoms with Gasteiger partial charge in [-0.15, -0.1) is 0 Å². The Balaban J connectivity index is 1.57. The van der Waals surface area contributed by atoms with Gasteiger partial charge in [0, 0.05) is 45.3 Å². The van der Waals surface area contributed by atoms with E-state index in [1.807, 2.05) is 6.92 Å². The second kappa shape index (κ2) is 8.70. The molecule has 3 heterocycles. The summed E-state index contributed by atoms with van der Waals surface area (Å²) in [6.45, 7) is 5.14. The van der Waals surface area contributed by atoms with E-state index in [1.54, 1.807) is 16.5 Å². The van der Waals surface area contributed by atoms with Crippen LogP contribution in [0.3, 0.4) is 0 Å². The average molecular weight is 460 g/mol. The molecule has 2 aromatic heterocycles. The van der Waals surface area contributed by atoms with E-state index >= 15 is 0 Å². The zero-order valence-electron chi connectivity index (χ0n) is 16.6. The number of carbonyl (C=O) groups excluding carboxylic acids is 1. The smallest absolute Gasteiger partial charge is 0.358 e. The Labute approximate surface area is 178 Å². The molecule has 1 aliphatic heterocycles. The minimum atomic E-state index is -3.68. The molecule has 0 unspecified atom stereocenters. The third-order valence-corrected chi connectivity index (χ3v) is 7.13. The number of piperazine rings is 1. The summed E-state index contributed by atoms with van der Waals surface area (Å²) in [5, 5.41) is 18.6. The molecular formula is C16H22ClN7O5S. The highest BCUT2D eigenvalue weighted by molar-refractivity contribution is 7.89. The number of halogens is 1. The third kappa shape index (κ3) is 4.47. The summed E-state index contributed by atoms with van der Waals surface area (Å²) in [5.41, 5.74) is 0.447. The van der Waals surface area contributed by atoms with E-state index in [0.717, 1.165) is 0 Å². The minimum Gasteiger partial charge on any atom is -0.358 e. The Morgan fingerprint density at radius 2 is 1.87 bits per heavy atom. The SMILES string of the molecule is CCn1cc(S(=O)(=O)N2CCN(C(=O)CCn3cc(Cl)c([N+](=O)[O-])n3)CC2)c(C)n1.